The van der Waals surface area contributed by atoms with Crippen molar-refractivity contribution in [3.8, 4) is 0 Å². The molecule has 5 aliphatic rings. The average molecular weight is 844 g/mol. The molecular weight excluding hydrogens is 767 g/mol. The van der Waals surface area contributed by atoms with Gasteiger partial charge in [0.2, 0.25) is 10.0 Å². The van der Waals surface area contributed by atoms with E-state index in [1.54, 1.807) is 29.1 Å². The molecule has 332 valence electrons. The number of benzene rings is 2. The SMILES string of the molecule is Cc1ccc(S(=O)(=O)N(C)[C@@](C)(CO[C@H]2[C@H](C)C[C@@]34COC[C@@]2(C)[C@@H]3CC[C@H]2C4=CC[C@@]3(C)[C@H](C(=O)OCc4ccccc4)[C@@](C)([C@H](C)C(C)C)CC[C@]23C)C(C)C)cc1. The fraction of sp³-hybridized carbons (Fsp3) is 0.712. The van der Waals surface area contributed by atoms with Crippen molar-refractivity contribution in [1.29, 1.82) is 0 Å². The summed E-state index contributed by atoms with van der Waals surface area (Å²) in [6.45, 7) is 29.3. The Morgan fingerprint density at radius 3 is 2.23 bits per heavy atom. The number of rotatable bonds is 12. The summed E-state index contributed by atoms with van der Waals surface area (Å²) in [6, 6.07) is 17.3. The zero-order chi connectivity index (χ0) is 43.8. The molecule has 1 aliphatic heterocycles. The minimum Gasteiger partial charge on any atom is -0.461 e. The van der Waals surface area contributed by atoms with E-state index in [1.165, 1.54) is 0 Å². The van der Waals surface area contributed by atoms with Gasteiger partial charge in [-0.1, -0.05) is 129 Å². The van der Waals surface area contributed by atoms with Crippen molar-refractivity contribution < 1.29 is 27.4 Å². The van der Waals surface area contributed by atoms with Gasteiger partial charge in [0.15, 0.2) is 0 Å². The molecule has 0 radical (unpaired) electrons. The predicted octanol–water partition coefficient (Wildman–Crippen LogP) is 11.3. The van der Waals surface area contributed by atoms with Gasteiger partial charge in [-0.2, -0.15) is 4.31 Å². The molecule has 1 heterocycles. The molecule has 2 aromatic rings. The van der Waals surface area contributed by atoms with Crippen LogP contribution in [0.25, 0.3) is 0 Å². The maximum atomic E-state index is 14.8. The van der Waals surface area contributed by atoms with Gasteiger partial charge in [-0.05, 0) is 122 Å². The zero-order valence-corrected chi connectivity index (χ0v) is 40.1. The van der Waals surface area contributed by atoms with Crippen LogP contribution in [0.2, 0.25) is 0 Å². The molecule has 7 nitrogen and oxygen atoms in total. The number of esters is 1. The van der Waals surface area contributed by atoms with Crippen molar-refractivity contribution in [1.82, 2.24) is 4.31 Å². The van der Waals surface area contributed by atoms with Crippen LogP contribution >= 0.6 is 0 Å². The van der Waals surface area contributed by atoms with Gasteiger partial charge in [0, 0.05) is 17.9 Å². The highest BCUT2D eigenvalue weighted by Crippen LogP contribution is 2.75. The molecule has 7 rings (SSSR count). The monoisotopic (exact) mass is 844 g/mol. The van der Waals surface area contributed by atoms with Crippen LogP contribution in [0, 0.1) is 75.4 Å². The van der Waals surface area contributed by atoms with E-state index in [1.807, 2.05) is 56.3 Å². The lowest BCUT2D eigenvalue weighted by molar-refractivity contribution is -0.254. The minimum absolute atomic E-state index is 0.00864. The summed E-state index contributed by atoms with van der Waals surface area (Å²) in [5.41, 5.74) is 1.99. The first kappa shape index (κ1) is 45.5. The van der Waals surface area contributed by atoms with Crippen molar-refractivity contribution in [2.75, 3.05) is 26.9 Å². The number of hydrogen-bond donors (Lipinski definition) is 0. The maximum Gasteiger partial charge on any atom is 0.310 e. The Hall–Kier alpha value is -2.52. The number of fused-ring (bicyclic) bond motifs is 3. The Labute approximate surface area is 363 Å². The van der Waals surface area contributed by atoms with E-state index >= 15 is 0 Å². The molecule has 4 aliphatic carbocycles. The van der Waals surface area contributed by atoms with Crippen LogP contribution in [0.1, 0.15) is 126 Å². The van der Waals surface area contributed by atoms with E-state index in [2.05, 4.69) is 75.3 Å². The Balaban J connectivity index is 1.19. The molecule has 8 heteroatoms. The van der Waals surface area contributed by atoms with Crippen molar-refractivity contribution in [2.45, 2.75) is 145 Å². The van der Waals surface area contributed by atoms with E-state index in [0.717, 1.165) is 56.3 Å². The number of likely N-dealkylation sites (N-methyl/N-ethyl adjacent to an activating group) is 1. The molecule has 0 amide bonds. The normalized spacial score (nSPS) is 38.0. The van der Waals surface area contributed by atoms with Gasteiger partial charge in [-0.25, -0.2) is 8.42 Å². The van der Waals surface area contributed by atoms with Crippen LogP contribution in [-0.4, -0.2) is 57.2 Å². The summed E-state index contributed by atoms with van der Waals surface area (Å²) < 4.78 is 50.1. The third-order valence-corrected chi connectivity index (χ3v) is 20.8. The second-order valence-corrected chi connectivity index (χ2v) is 24.3. The standard InChI is InChI=1S/C52H77NO6S/c1-34(2)38(7)47(8)27-28-49(10)41-23-24-43-48(9)31-57-33-52(43,42(41)25-26-50(49,11)44(47)46(54)58-30-39-17-15-14-16-18-39)29-37(6)45(48)59-32-51(12,35(3)4)53(13)60(55,56)40-21-19-36(5)20-22-40/h14-22,25,34-35,37-38,41,43-45H,23-24,26-33H2,1-13H3/t37-,38-,41+,43+,44-,45+,47-,48+,49-,50+,51+,52+/m1/s1. The highest BCUT2D eigenvalue weighted by atomic mass is 32.2. The molecule has 0 aromatic heterocycles. The summed E-state index contributed by atoms with van der Waals surface area (Å²) >= 11 is 0. The summed E-state index contributed by atoms with van der Waals surface area (Å²) in [7, 11) is -2.04. The van der Waals surface area contributed by atoms with E-state index < -0.39 is 15.6 Å². The van der Waals surface area contributed by atoms with Crippen molar-refractivity contribution in [3.05, 3.63) is 77.4 Å². The van der Waals surface area contributed by atoms with Gasteiger partial charge < -0.3 is 14.2 Å². The summed E-state index contributed by atoms with van der Waals surface area (Å²) in [6.07, 6.45) is 8.63. The fourth-order valence-corrected chi connectivity index (χ4v) is 15.8. The smallest absolute Gasteiger partial charge is 0.310 e. The lowest BCUT2D eigenvalue weighted by Gasteiger charge is -2.71. The highest BCUT2D eigenvalue weighted by molar-refractivity contribution is 7.89. The molecular formula is C52H77NO6S. The van der Waals surface area contributed by atoms with Crippen LogP contribution in [-0.2, 0) is 35.6 Å². The van der Waals surface area contributed by atoms with Crippen molar-refractivity contribution >= 4 is 16.0 Å². The first-order valence-electron chi connectivity index (χ1n) is 23.2. The quantitative estimate of drug-likeness (QED) is 0.156. The Morgan fingerprint density at radius 2 is 1.60 bits per heavy atom. The molecule has 0 N–H and O–H groups in total. The summed E-state index contributed by atoms with van der Waals surface area (Å²) in [5.74, 6) is 1.55. The van der Waals surface area contributed by atoms with E-state index in [9.17, 15) is 13.2 Å². The van der Waals surface area contributed by atoms with Crippen LogP contribution in [0.3, 0.4) is 0 Å². The lowest BCUT2D eigenvalue weighted by atomic mass is 9.34. The van der Waals surface area contributed by atoms with Gasteiger partial charge in [0.1, 0.15) is 6.61 Å². The number of allylic oxidation sites excluding steroid dienone is 1. The van der Waals surface area contributed by atoms with Gasteiger partial charge >= 0.3 is 5.97 Å². The van der Waals surface area contributed by atoms with Crippen LogP contribution in [0.4, 0.5) is 0 Å². The topological polar surface area (TPSA) is 82.1 Å². The third-order valence-electron chi connectivity index (χ3n) is 18.8. The van der Waals surface area contributed by atoms with Gasteiger partial charge in [-0.3, -0.25) is 4.79 Å². The molecule has 1 saturated heterocycles. The van der Waals surface area contributed by atoms with Crippen LogP contribution < -0.4 is 0 Å². The second-order valence-electron chi connectivity index (χ2n) is 22.3. The molecule has 0 unspecified atom stereocenters. The highest BCUT2D eigenvalue weighted by Gasteiger charge is 2.71. The minimum atomic E-state index is -3.76. The molecule has 0 spiro atoms. The first-order chi connectivity index (χ1) is 28.0. The summed E-state index contributed by atoms with van der Waals surface area (Å²) in [5, 5.41) is 0. The largest absolute Gasteiger partial charge is 0.461 e. The fourth-order valence-electron chi connectivity index (χ4n) is 14.2. The first-order valence-corrected chi connectivity index (χ1v) is 24.6. The predicted molar refractivity (Wildman–Crippen MR) is 240 cm³/mol. The molecule has 12 atom stereocenters. The number of aryl methyl sites for hydroxylation is 1. The van der Waals surface area contributed by atoms with E-state index in [4.69, 9.17) is 14.2 Å². The third kappa shape index (κ3) is 6.90. The average Bonchev–Trinajstić information content (AvgIpc) is 3.20. The van der Waals surface area contributed by atoms with Gasteiger partial charge in [-0.15, -0.1) is 0 Å². The zero-order valence-electron chi connectivity index (χ0n) is 39.3. The van der Waals surface area contributed by atoms with Crippen LogP contribution in [0.15, 0.2) is 71.1 Å². The molecule has 2 bridgehead atoms. The maximum absolute atomic E-state index is 14.8. The van der Waals surface area contributed by atoms with Gasteiger partial charge in [0.05, 0.1) is 42.3 Å². The molecule has 3 saturated carbocycles. The number of sulfonamides is 1. The van der Waals surface area contributed by atoms with E-state index in [0.29, 0.717) is 48.4 Å². The van der Waals surface area contributed by atoms with Crippen molar-refractivity contribution in [3.63, 3.8) is 0 Å². The molecule has 2 aromatic carbocycles. The Kier molecular flexibility index (Phi) is 12.1. The number of carbonyl (C=O) groups is 1. The molecule has 60 heavy (non-hydrogen) atoms. The Morgan fingerprint density at radius 1 is 0.933 bits per heavy atom. The Bertz CT molecular complexity index is 2030. The van der Waals surface area contributed by atoms with Gasteiger partial charge in [0.25, 0.3) is 0 Å². The lowest BCUT2D eigenvalue weighted by Crippen LogP contribution is -2.69. The number of ether oxygens (including phenoxy) is 3. The summed E-state index contributed by atoms with van der Waals surface area (Å²) in [4.78, 5) is 15.1. The number of nitrogens with zero attached hydrogens (tertiary/aromatic N) is 1. The second kappa shape index (κ2) is 15.9. The molecule has 4 fully saturated rings. The number of hydrogen-bond acceptors (Lipinski definition) is 6. The van der Waals surface area contributed by atoms with E-state index in [-0.39, 0.29) is 56.9 Å². The van der Waals surface area contributed by atoms with Crippen LogP contribution in [0.5, 0.6) is 0 Å². The number of carbonyl (C=O) groups excluding carboxylic acids is 1. The van der Waals surface area contributed by atoms with Crippen molar-refractivity contribution in [2.24, 2.45) is 68.5 Å².